The molecule has 13 heavy (non-hydrogen) atoms. The molecule has 0 aliphatic heterocycles. The SMILES string of the molecule is NCCNC(=O)c1ccccc1Cl. The zero-order valence-corrected chi connectivity index (χ0v) is 7.84. The van der Waals surface area contributed by atoms with Gasteiger partial charge >= 0.3 is 0 Å². The van der Waals surface area contributed by atoms with E-state index in [0.29, 0.717) is 23.7 Å². The summed E-state index contributed by atoms with van der Waals surface area (Å²) >= 11 is 5.81. The Bertz CT molecular complexity index is 301. The first-order valence-electron chi connectivity index (χ1n) is 3.98. The van der Waals surface area contributed by atoms with Gasteiger partial charge in [0.25, 0.3) is 5.91 Å². The molecule has 0 unspecified atom stereocenters. The lowest BCUT2D eigenvalue weighted by Crippen LogP contribution is -2.29. The topological polar surface area (TPSA) is 55.1 Å². The number of benzene rings is 1. The molecule has 1 aromatic rings. The predicted octanol–water partition coefficient (Wildman–Crippen LogP) is 1.03. The third-order valence-corrected chi connectivity index (χ3v) is 1.88. The first-order valence-corrected chi connectivity index (χ1v) is 4.36. The molecule has 70 valence electrons. The number of hydrogen-bond donors (Lipinski definition) is 2. The van der Waals surface area contributed by atoms with Gasteiger partial charge in [-0.3, -0.25) is 4.79 Å². The summed E-state index contributed by atoms with van der Waals surface area (Å²) in [6.07, 6.45) is 0. The molecule has 0 atom stereocenters. The van der Waals surface area contributed by atoms with E-state index in [0.717, 1.165) is 0 Å². The van der Waals surface area contributed by atoms with Crippen LogP contribution in [0.15, 0.2) is 24.3 Å². The van der Waals surface area contributed by atoms with Crippen LogP contribution in [0.2, 0.25) is 5.02 Å². The maximum atomic E-state index is 11.4. The van der Waals surface area contributed by atoms with Crippen molar-refractivity contribution in [2.75, 3.05) is 13.1 Å². The fourth-order valence-electron chi connectivity index (χ4n) is 0.926. The summed E-state index contributed by atoms with van der Waals surface area (Å²) < 4.78 is 0. The minimum absolute atomic E-state index is 0.184. The minimum atomic E-state index is -0.184. The van der Waals surface area contributed by atoms with E-state index in [1.807, 2.05) is 0 Å². The van der Waals surface area contributed by atoms with Crippen molar-refractivity contribution < 1.29 is 4.79 Å². The lowest BCUT2D eigenvalue weighted by molar-refractivity contribution is 0.0955. The number of halogens is 1. The van der Waals surface area contributed by atoms with Gasteiger partial charge in [0.1, 0.15) is 0 Å². The molecule has 1 rings (SSSR count). The maximum absolute atomic E-state index is 11.4. The van der Waals surface area contributed by atoms with E-state index >= 15 is 0 Å². The molecule has 0 aromatic heterocycles. The predicted molar refractivity (Wildman–Crippen MR) is 52.8 cm³/mol. The summed E-state index contributed by atoms with van der Waals surface area (Å²) in [6.45, 7) is 0.889. The average Bonchev–Trinajstić information content (AvgIpc) is 2.15. The molecule has 0 spiro atoms. The van der Waals surface area contributed by atoms with E-state index in [-0.39, 0.29) is 5.91 Å². The summed E-state index contributed by atoms with van der Waals surface area (Å²) in [7, 11) is 0. The van der Waals surface area contributed by atoms with Crippen LogP contribution in [0.3, 0.4) is 0 Å². The van der Waals surface area contributed by atoms with Gasteiger partial charge in [0.2, 0.25) is 0 Å². The van der Waals surface area contributed by atoms with Crippen LogP contribution in [-0.2, 0) is 0 Å². The van der Waals surface area contributed by atoms with Crippen molar-refractivity contribution >= 4 is 17.5 Å². The van der Waals surface area contributed by atoms with Gasteiger partial charge in [-0.15, -0.1) is 0 Å². The monoisotopic (exact) mass is 198 g/mol. The minimum Gasteiger partial charge on any atom is -0.351 e. The van der Waals surface area contributed by atoms with Gasteiger partial charge < -0.3 is 11.1 Å². The standard InChI is InChI=1S/C9H11ClN2O/c10-8-4-2-1-3-7(8)9(13)12-6-5-11/h1-4H,5-6,11H2,(H,12,13). The van der Waals surface area contributed by atoms with Gasteiger partial charge in [0.05, 0.1) is 10.6 Å². The molecule has 0 aliphatic carbocycles. The Labute approximate surface area is 81.9 Å². The second-order valence-corrected chi connectivity index (χ2v) is 2.93. The van der Waals surface area contributed by atoms with Crippen molar-refractivity contribution in [2.24, 2.45) is 5.73 Å². The van der Waals surface area contributed by atoms with Crippen LogP contribution in [-0.4, -0.2) is 19.0 Å². The highest BCUT2D eigenvalue weighted by Crippen LogP contribution is 2.14. The lowest BCUT2D eigenvalue weighted by Gasteiger charge is -2.04. The molecule has 3 N–H and O–H groups in total. The molecule has 1 amide bonds. The van der Waals surface area contributed by atoms with Gasteiger partial charge in [-0.25, -0.2) is 0 Å². The maximum Gasteiger partial charge on any atom is 0.252 e. The molecule has 0 fully saturated rings. The number of rotatable bonds is 3. The Morgan fingerprint density at radius 2 is 2.15 bits per heavy atom. The Kier molecular flexibility index (Phi) is 3.73. The molecule has 3 nitrogen and oxygen atoms in total. The van der Waals surface area contributed by atoms with Crippen LogP contribution in [0.4, 0.5) is 0 Å². The number of amides is 1. The van der Waals surface area contributed by atoms with Crippen molar-refractivity contribution in [3.63, 3.8) is 0 Å². The zero-order chi connectivity index (χ0) is 9.68. The second-order valence-electron chi connectivity index (χ2n) is 2.52. The molecule has 0 saturated heterocycles. The number of carbonyl (C=O) groups excluding carboxylic acids is 1. The Balaban J connectivity index is 2.71. The Morgan fingerprint density at radius 1 is 1.46 bits per heavy atom. The van der Waals surface area contributed by atoms with Crippen LogP contribution in [0.25, 0.3) is 0 Å². The first kappa shape index (κ1) is 10.0. The van der Waals surface area contributed by atoms with E-state index in [1.165, 1.54) is 0 Å². The van der Waals surface area contributed by atoms with E-state index < -0.39 is 0 Å². The molecule has 1 aromatic carbocycles. The fourth-order valence-corrected chi connectivity index (χ4v) is 1.15. The number of nitrogens with one attached hydrogen (secondary N) is 1. The number of carbonyl (C=O) groups is 1. The number of hydrogen-bond acceptors (Lipinski definition) is 2. The van der Waals surface area contributed by atoms with Gasteiger partial charge in [-0.2, -0.15) is 0 Å². The molecule has 0 aliphatic rings. The molecule has 0 saturated carbocycles. The van der Waals surface area contributed by atoms with Gasteiger partial charge in [-0.1, -0.05) is 23.7 Å². The van der Waals surface area contributed by atoms with E-state index in [1.54, 1.807) is 24.3 Å². The van der Waals surface area contributed by atoms with Crippen molar-refractivity contribution in [1.29, 1.82) is 0 Å². The van der Waals surface area contributed by atoms with Gasteiger partial charge in [-0.05, 0) is 12.1 Å². The molecular weight excluding hydrogens is 188 g/mol. The summed E-state index contributed by atoms with van der Waals surface area (Å²) in [5.74, 6) is -0.184. The van der Waals surface area contributed by atoms with Crippen molar-refractivity contribution in [1.82, 2.24) is 5.32 Å². The molecule has 4 heteroatoms. The Hall–Kier alpha value is -1.06. The van der Waals surface area contributed by atoms with Crippen molar-refractivity contribution in [3.05, 3.63) is 34.9 Å². The summed E-state index contributed by atoms with van der Waals surface area (Å²) in [6, 6.07) is 6.90. The van der Waals surface area contributed by atoms with Crippen molar-refractivity contribution in [2.45, 2.75) is 0 Å². The molecule has 0 bridgehead atoms. The van der Waals surface area contributed by atoms with Gasteiger partial charge in [0.15, 0.2) is 0 Å². The molecule has 0 heterocycles. The fraction of sp³-hybridized carbons (Fsp3) is 0.222. The first-order chi connectivity index (χ1) is 6.25. The quantitative estimate of drug-likeness (QED) is 0.762. The van der Waals surface area contributed by atoms with Crippen LogP contribution in [0, 0.1) is 0 Å². The summed E-state index contributed by atoms with van der Waals surface area (Å²) in [5.41, 5.74) is 5.73. The van der Waals surface area contributed by atoms with Crippen molar-refractivity contribution in [3.8, 4) is 0 Å². The summed E-state index contributed by atoms with van der Waals surface area (Å²) in [4.78, 5) is 11.4. The highest BCUT2D eigenvalue weighted by Gasteiger charge is 2.07. The van der Waals surface area contributed by atoms with E-state index in [9.17, 15) is 4.79 Å². The average molecular weight is 199 g/mol. The normalized spacial score (nSPS) is 9.69. The largest absolute Gasteiger partial charge is 0.351 e. The van der Waals surface area contributed by atoms with E-state index in [2.05, 4.69) is 5.32 Å². The van der Waals surface area contributed by atoms with E-state index in [4.69, 9.17) is 17.3 Å². The van der Waals surface area contributed by atoms with Crippen LogP contribution >= 0.6 is 11.6 Å². The Morgan fingerprint density at radius 3 is 2.77 bits per heavy atom. The highest BCUT2D eigenvalue weighted by molar-refractivity contribution is 6.33. The second kappa shape index (κ2) is 4.84. The lowest BCUT2D eigenvalue weighted by atomic mass is 10.2. The highest BCUT2D eigenvalue weighted by atomic mass is 35.5. The molecule has 0 radical (unpaired) electrons. The third-order valence-electron chi connectivity index (χ3n) is 1.55. The zero-order valence-electron chi connectivity index (χ0n) is 7.09. The van der Waals surface area contributed by atoms with Gasteiger partial charge in [0, 0.05) is 13.1 Å². The summed E-state index contributed by atoms with van der Waals surface area (Å²) in [5, 5.41) is 3.10. The number of nitrogens with two attached hydrogens (primary N) is 1. The van der Waals surface area contributed by atoms with Crippen LogP contribution in [0.1, 0.15) is 10.4 Å². The molecular formula is C9H11ClN2O. The van der Waals surface area contributed by atoms with Crippen LogP contribution in [0.5, 0.6) is 0 Å². The van der Waals surface area contributed by atoms with Crippen LogP contribution < -0.4 is 11.1 Å². The smallest absolute Gasteiger partial charge is 0.252 e. The third kappa shape index (κ3) is 2.72.